The van der Waals surface area contributed by atoms with Crippen molar-refractivity contribution < 1.29 is 19.1 Å². The molecule has 2 aromatic carbocycles. The minimum atomic E-state index is -0.586. The third-order valence-electron chi connectivity index (χ3n) is 5.04. The van der Waals surface area contributed by atoms with Crippen LogP contribution in [0.2, 0.25) is 0 Å². The molecule has 2 aromatic rings. The number of cyclic esters (lactones) is 1. The van der Waals surface area contributed by atoms with Gasteiger partial charge in [-0.15, -0.1) is 0 Å². The van der Waals surface area contributed by atoms with Crippen LogP contribution < -0.4 is 10.6 Å². The highest BCUT2D eigenvalue weighted by Gasteiger charge is 2.42. The number of benzene rings is 2. The van der Waals surface area contributed by atoms with Gasteiger partial charge in [0.1, 0.15) is 13.2 Å². The van der Waals surface area contributed by atoms with Crippen molar-refractivity contribution in [1.29, 1.82) is 0 Å². The number of esters is 1. The Bertz CT molecular complexity index is 983. The fraction of sp³-hybridized carbons (Fsp3) is 0.227. The molecule has 2 heterocycles. The van der Waals surface area contributed by atoms with Crippen LogP contribution in [0.25, 0.3) is 0 Å². The summed E-state index contributed by atoms with van der Waals surface area (Å²) in [5.74, 6) is -0.788. The number of urea groups is 1. The van der Waals surface area contributed by atoms with Crippen LogP contribution in [0, 0.1) is 6.92 Å². The van der Waals surface area contributed by atoms with Crippen molar-refractivity contribution in [2.75, 3.05) is 13.2 Å². The highest BCUT2D eigenvalue weighted by atomic mass is 16.5. The highest BCUT2D eigenvalue weighted by molar-refractivity contribution is 5.98. The largest absolute Gasteiger partial charge is 0.456 e. The zero-order valence-corrected chi connectivity index (χ0v) is 16.0. The summed E-state index contributed by atoms with van der Waals surface area (Å²) in [4.78, 5) is 38.8. The van der Waals surface area contributed by atoms with E-state index < -0.39 is 18.0 Å². The second kappa shape index (κ2) is 7.79. The molecule has 29 heavy (non-hydrogen) atoms. The fourth-order valence-electron chi connectivity index (χ4n) is 3.48. The van der Waals surface area contributed by atoms with Gasteiger partial charge in [0.25, 0.3) is 0 Å². The van der Waals surface area contributed by atoms with Crippen LogP contribution in [-0.2, 0) is 20.9 Å². The van der Waals surface area contributed by atoms with E-state index in [0.717, 1.165) is 16.7 Å². The van der Waals surface area contributed by atoms with Crippen LogP contribution >= 0.6 is 0 Å². The third kappa shape index (κ3) is 3.85. The molecule has 7 nitrogen and oxygen atoms in total. The number of nitrogens with zero attached hydrogens (tertiary/aromatic N) is 1. The number of hydrogen-bond donors (Lipinski definition) is 2. The van der Waals surface area contributed by atoms with Crippen LogP contribution in [0.4, 0.5) is 4.79 Å². The second-order valence-electron chi connectivity index (χ2n) is 7.08. The minimum absolute atomic E-state index is 0.0179. The standard InChI is InChI=1S/C22H21N3O4/c1-14-7-9-16(10-8-14)20-19-17(13-29-21(19)27)25(22(28)24-20)12-18(26)23-11-15-5-3-2-4-6-15/h2-10,20H,11-13H2,1H3,(H,23,26)(H,24,28)/t20-/m0/s1. The Morgan fingerprint density at radius 3 is 2.59 bits per heavy atom. The van der Waals surface area contributed by atoms with Gasteiger partial charge in [-0.3, -0.25) is 9.69 Å². The predicted octanol–water partition coefficient (Wildman–Crippen LogP) is 2.19. The molecule has 0 saturated heterocycles. The molecule has 1 atom stereocenters. The van der Waals surface area contributed by atoms with E-state index in [0.29, 0.717) is 17.8 Å². The molecule has 0 radical (unpaired) electrons. The maximum absolute atomic E-state index is 12.7. The quantitative estimate of drug-likeness (QED) is 0.765. The molecule has 2 aliphatic heterocycles. The monoisotopic (exact) mass is 391 g/mol. The zero-order valence-electron chi connectivity index (χ0n) is 16.0. The molecule has 2 N–H and O–H groups in total. The molecule has 0 aromatic heterocycles. The number of carbonyl (C=O) groups is 3. The number of carbonyl (C=O) groups excluding carboxylic acids is 3. The Morgan fingerprint density at radius 2 is 1.86 bits per heavy atom. The number of aryl methyl sites for hydroxylation is 1. The van der Waals surface area contributed by atoms with Gasteiger partial charge in [-0.25, -0.2) is 9.59 Å². The van der Waals surface area contributed by atoms with E-state index in [4.69, 9.17) is 4.74 Å². The second-order valence-corrected chi connectivity index (χ2v) is 7.08. The minimum Gasteiger partial charge on any atom is -0.456 e. The summed E-state index contributed by atoms with van der Waals surface area (Å²) >= 11 is 0. The van der Waals surface area contributed by atoms with E-state index in [9.17, 15) is 14.4 Å². The van der Waals surface area contributed by atoms with Gasteiger partial charge in [0.15, 0.2) is 0 Å². The molecule has 3 amide bonds. The van der Waals surface area contributed by atoms with E-state index >= 15 is 0 Å². The van der Waals surface area contributed by atoms with Crippen molar-refractivity contribution in [3.05, 3.63) is 82.6 Å². The summed E-state index contributed by atoms with van der Waals surface area (Å²) < 4.78 is 5.19. The van der Waals surface area contributed by atoms with Crippen molar-refractivity contribution >= 4 is 17.9 Å². The number of amides is 3. The molecule has 0 fully saturated rings. The number of nitrogens with one attached hydrogen (secondary N) is 2. The normalized spacial score (nSPS) is 18.2. The summed E-state index contributed by atoms with van der Waals surface area (Å²) in [5, 5.41) is 5.63. The smallest absolute Gasteiger partial charge is 0.338 e. The molecular weight excluding hydrogens is 370 g/mol. The summed E-state index contributed by atoms with van der Waals surface area (Å²) in [6.07, 6.45) is 0. The van der Waals surface area contributed by atoms with Gasteiger partial charge in [0.05, 0.1) is 17.3 Å². The average molecular weight is 391 g/mol. The molecule has 148 valence electrons. The van der Waals surface area contributed by atoms with Gasteiger partial charge in [-0.1, -0.05) is 60.2 Å². The lowest BCUT2D eigenvalue weighted by Gasteiger charge is -2.32. The summed E-state index contributed by atoms with van der Waals surface area (Å²) in [7, 11) is 0. The van der Waals surface area contributed by atoms with Crippen molar-refractivity contribution in [2.24, 2.45) is 0 Å². The predicted molar refractivity (Wildman–Crippen MR) is 105 cm³/mol. The fourth-order valence-corrected chi connectivity index (χ4v) is 3.48. The van der Waals surface area contributed by atoms with Crippen LogP contribution in [0.3, 0.4) is 0 Å². The molecule has 4 rings (SSSR count). The summed E-state index contributed by atoms with van der Waals surface area (Å²) in [6.45, 7) is 2.13. The maximum atomic E-state index is 12.7. The lowest BCUT2D eigenvalue weighted by atomic mass is 9.95. The first-order valence-electron chi connectivity index (χ1n) is 9.38. The van der Waals surface area contributed by atoms with E-state index in [1.165, 1.54) is 4.90 Å². The lowest BCUT2D eigenvalue weighted by Crippen LogP contribution is -2.50. The van der Waals surface area contributed by atoms with Gasteiger partial charge >= 0.3 is 12.0 Å². The molecule has 0 spiro atoms. The first-order chi connectivity index (χ1) is 14.0. The Balaban J connectivity index is 1.53. The van der Waals surface area contributed by atoms with Gasteiger partial charge in [0.2, 0.25) is 5.91 Å². The first-order valence-corrected chi connectivity index (χ1v) is 9.38. The van der Waals surface area contributed by atoms with Crippen molar-refractivity contribution in [3.8, 4) is 0 Å². The Morgan fingerprint density at radius 1 is 1.14 bits per heavy atom. The first kappa shape index (κ1) is 18.7. The molecule has 0 bridgehead atoms. The Kier molecular flexibility index (Phi) is 5.03. The Labute approximate surface area is 168 Å². The summed E-state index contributed by atoms with van der Waals surface area (Å²) in [6, 6.07) is 16.1. The molecule has 0 saturated carbocycles. The summed E-state index contributed by atoms with van der Waals surface area (Å²) in [5.41, 5.74) is 3.66. The van der Waals surface area contributed by atoms with E-state index in [1.807, 2.05) is 61.5 Å². The molecule has 0 unspecified atom stereocenters. The topological polar surface area (TPSA) is 87.7 Å². The third-order valence-corrected chi connectivity index (χ3v) is 5.04. The van der Waals surface area contributed by atoms with Gasteiger partial charge in [-0.2, -0.15) is 0 Å². The Hall–Kier alpha value is -3.61. The number of rotatable bonds is 5. The van der Waals surface area contributed by atoms with Crippen LogP contribution in [-0.4, -0.2) is 36.0 Å². The maximum Gasteiger partial charge on any atom is 0.338 e. The van der Waals surface area contributed by atoms with E-state index in [-0.39, 0.29) is 19.1 Å². The van der Waals surface area contributed by atoms with Crippen LogP contribution in [0.5, 0.6) is 0 Å². The van der Waals surface area contributed by atoms with Crippen molar-refractivity contribution in [2.45, 2.75) is 19.5 Å². The molecule has 7 heteroatoms. The van der Waals surface area contributed by atoms with E-state index in [2.05, 4.69) is 10.6 Å². The average Bonchev–Trinajstić information content (AvgIpc) is 3.11. The van der Waals surface area contributed by atoms with Gasteiger partial charge in [-0.05, 0) is 18.1 Å². The lowest BCUT2D eigenvalue weighted by molar-refractivity contribution is -0.136. The van der Waals surface area contributed by atoms with E-state index in [1.54, 1.807) is 0 Å². The zero-order chi connectivity index (χ0) is 20.4. The van der Waals surface area contributed by atoms with Gasteiger partial charge < -0.3 is 15.4 Å². The highest BCUT2D eigenvalue weighted by Crippen LogP contribution is 2.34. The molecule has 2 aliphatic rings. The van der Waals surface area contributed by atoms with Crippen LogP contribution in [0.1, 0.15) is 22.7 Å². The molecular formula is C22H21N3O4. The number of ether oxygens (including phenoxy) is 1. The van der Waals surface area contributed by atoms with Crippen molar-refractivity contribution in [3.63, 3.8) is 0 Å². The SMILES string of the molecule is Cc1ccc([C@@H]2NC(=O)N(CC(=O)NCc3ccccc3)C3=C2C(=O)OC3)cc1. The van der Waals surface area contributed by atoms with Crippen molar-refractivity contribution in [1.82, 2.24) is 15.5 Å². The number of hydrogen-bond acceptors (Lipinski definition) is 4. The van der Waals surface area contributed by atoms with Crippen LogP contribution in [0.15, 0.2) is 65.9 Å². The van der Waals surface area contributed by atoms with Gasteiger partial charge in [0, 0.05) is 6.54 Å². The molecule has 0 aliphatic carbocycles.